The van der Waals surface area contributed by atoms with Gasteiger partial charge in [-0.3, -0.25) is 0 Å². The molecule has 0 amide bonds. The van der Waals surface area contributed by atoms with Crippen LogP contribution in [0.4, 0.5) is 4.39 Å². The molecular weight excluding hydrogens is 337 g/mol. The predicted molar refractivity (Wildman–Crippen MR) is 109 cm³/mol. The first-order valence-corrected chi connectivity index (χ1v) is 10.4. The summed E-state index contributed by atoms with van der Waals surface area (Å²) < 4.78 is 19.5. The van der Waals surface area contributed by atoms with Crippen molar-refractivity contribution in [3.05, 3.63) is 71.5 Å². The maximum Gasteiger partial charge on any atom is 0.123 e. The fraction of sp³-hybridized carbons (Fsp3) is 0.500. The minimum absolute atomic E-state index is 0.0515. The van der Waals surface area contributed by atoms with E-state index in [-0.39, 0.29) is 11.9 Å². The summed E-state index contributed by atoms with van der Waals surface area (Å²) in [7, 11) is 0. The van der Waals surface area contributed by atoms with E-state index in [2.05, 4.69) is 35.2 Å². The number of rotatable bonds is 10. The maximum absolute atomic E-state index is 13.3. The lowest BCUT2D eigenvalue weighted by Crippen LogP contribution is -2.31. The van der Waals surface area contributed by atoms with Crippen molar-refractivity contribution in [2.24, 2.45) is 0 Å². The van der Waals surface area contributed by atoms with Gasteiger partial charge in [-0.25, -0.2) is 4.39 Å². The summed E-state index contributed by atoms with van der Waals surface area (Å²) in [5.74, 6) is -0.188. The number of ether oxygens (including phenoxy) is 1. The van der Waals surface area contributed by atoms with Crippen molar-refractivity contribution < 1.29 is 9.13 Å². The molecule has 0 N–H and O–H groups in total. The van der Waals surface area contributed by atoms with Gasteiger partial charge >= 0.3 is 0 Å². The second-order valence-electron chi connectivity index (χ2n) is 7.54. The van der Waals surface area contributed by atoms with E-state index in [9.17, 15) is 4.39 Å². The highest BCUT2D eigenvalue weighted by Gasteiger charge is 2.14. The van der Waals surface area contributed by atoms with Crippen LogP contribution in [0.25, 0.3) is 0 Å². The Morgan fingerprint density at radius 1 is 0.889 bits per heavy atom. The van der Waals surface area contributed by atoms with E-state index in [1.54, 1.807) is 0 Å². The van der Waals surface area contributed by atoms with Crippen LogP contribution >= 0.6 is 0 Å². The summed E-state index contributed by atoms with van der Waals surface area (Å²) in [5, 5.41) is 0. The smallest absolute Gasteiger partial charge is 0.123 e. The molecule has 27 heavy (non-hydrogen) atoms. The molecule has 1 aliphatic heterocycles. The van der Waals surface area contributed by atoms with Crippen molar-refractivity contribution in [2.45, 2.75) is 51.0 Å². The summed E-state index contributed by atoms with van der Waals surface area (Å²) in [6.45, 7) is 4.36. The minimum atomic E-state index is -0.188. The molecular formula is C24H32FNO. The van der Waals surface area contributed by atoms with Crippen LogP contribution in [0.3, 0.4) is 0 Å². The number of nitrogens with zero attached hydrogens (tertiary/aromatic N) is 1. The molecule has 1 fully saturated rings. The van der Waals surface area contributed by atoms with Gasteiger partial charge in [-0.15, -0.1) is 0 Å². The Kier molecular flexibility index (Phi) is 8.32. The SMILES string of the molecule is Fc1ccc(C(CCCc2ccccc2)OCCCN2CCCCC2)cc1. The first-order chi connectivity index (χ1) is 13.3. The first kappa shape index (κ1) is 20.0. The standard InChI is InChI=1S/C24H32FNO/c25-23-15-13-22(14-16-23)24(12-7-11-21-9-3-1-4-10-21)27-20-8-19-26-17-5-2-6-18-26/h1,3-4,9-10,13-16,24H,2,5-8,11-12,17-20H2. The van der Waals surface area contributed by atoms with Gasteiger partial charge in [-0.1, -0.05) is 48.9 Å². The summed E-state index contributed by atoms with van der Waals surface area (Å²) in [6.07, 6.45) is 8.24. The highest BCUT2D eigenvalue weighted by molar-refractivity contribution is 5.19. The first-order valence-electron chi connectivity index (χ1n) is 10.4. The van der Waals surface area contributed by atoms with Gasteiger partial charge in [0.15, 0.2) is 0 Å². The molecule has 2 aromatic carbocycles. The monoisotopic (exact) mass is 369 g/mol. The zero-order valence-corrected chi connectivity index (χ0v) is 16.3. The van der Waals surface area contributed by atoms with Gasteiger partial charge in [0, 0.05) is 13.2 Å². The summed E-state index contributed by atoms with van der Waals surface area (Å²) >= 11 is 0. The van der Waals surface area contributed by atoms with E-state index < -0.39 is 0 Å². The molecule has 1 heterocycles. The van der Waals surface area contributed by atoms with Gasteiger partial charge in [0.2, 0.25) is 0 Å². The average Bonchev–Trinajstić information content (AvgIpc) is 2.72. The van der Waals surface area contributed by atoms with E-state index in [1.165, 1.54) is 50.0 Å². The quantitative estimate of drug-likeness (QED) is 0.492. The number of aryl methyl sites for hydroxylation is 1. The highest BCUT2D eigenvalue weighted by Crippen LogP contribution is 2.24. The molecule has 1 atom stereocenters. The lowest BCUT2D eigenvalue weighted by molar-refractivity contribution is 0.0381. The van der Waals surface area contributed by atoms with E-state index in [0.29, 0.717) is 0 Å². The molecule has 1 aliphatic rings. The van der Waals surface area contributed by atoms with Crippen LogP contribution in [0.15, 0.2) is 54.6 Å². The highest BCUT2D eigenvalue weighted by atomic mass is 19.1. The molecule has 0 aromatic heterocycles. The molecule has 1 unspecified atom stereocenters. The van der Waals surface area contributed by atoms with Crippen LogP contribution in [-0.4, -0.2) is 31.1 Å². The number of hydrogen-bond acceptors (Lipinski definition) is 2. The van der Waals surface area contributed by atoms with Crippen molar-refractivity contribution >= 4 is 0 Å². The normalized spacial score (nSPS) is 16.3. The Hall–Kier alpha value is -1.71. The number of benzene rings is 2. The van der Waals surface area contributed by atoms with Gasteiger partial charge in [0.05, 0.1) is 6.10 Å². The van der Waals surface area contributed by atoms with E-state index >= 15 is 0 Å². The molecule has 2 nitrogen and oxygen atoms in total. The molecule has 2 aromatic rings. The van der Waals surface area contributed by atoms with Crippen molar-refractivity contribution in [1.82, 2.24) is 4.90 Å². The van der Waals surface area contributed by atoms with Crippen LogP contribution in [0, 0.1) is 5.82 Å². The molecule has 0 aliphatic carbocycles. The van der Waals surface area contributed by atoms with E-state index in [0.717, 1.165) is 44.4 Å². The molecule has 0 spiro atoms. The fourth-order valence-corrected chi connectivity index (χ4v) is 3.86. The molecule has 0 saturated carbocycles. The third kappa shape index (κ3) is 7.08. The van der Waals surface area contributed by atoms with Crippen LogP contribution in [0.5, 0.6) is 0 Å². The van der Waals surface area contributed by atoms with E-state index in [1.807, 2.05) is 12.1 Å². The van der Waals surface area contributed by atoms with Gasteiger partial charge in [-0.2, -0.15) is 0 Å². The topological polar surface area (TPSA) is 12.5 Å². The third-order valence-electron chi connectivity index (χ3n) is 5.40. The summed E-state index contributed by atoms with van der Waals surface area (Å²) in [5.41, 5.74) is 2.45. The van der Waals surface area contributed by atoms with Crippen molar-refractivity contribution in [3.8, 4) is 0 Å². The van der Waals surface area contributed by atoms with Crippen LogP contribution in [0.1, 0.15) is 55.8 Å². The Bertz CT molecular complexity index is 637. The lowest BCUT2D eigenvalue weighted by Gasteiger charge is -2.26. The molecule has 3 heteroatoms. The summed E-state index contributed by atoms with van der Waals surface area (Å²) in [4.78, 5) is 2.55. The molecule has 1 saturated heterocycles. The summed E-state index contributed by atoms with van der Waals surface area (Å²) in [6, 6.07) is 17.4. The van der Waals surface area contributed by atoms with Gasteiger partial charge in [0.1, 0.15) is 5.82 Å². The Morgan fingerprint density at radius 2 is 1.63 bits per heavy atom. The number of piperidine rings is 1. The van der Waals surface area contributed by atoms with E-state index in [4.69, 9.17) is 4.74 Å². The van der Waals surface area contributed by atoms with Crippen LogP contribution in [-0.2, 0) is 11.2 Å². The van der Waals surface area contributed by atoms with Crippen molar-refractivity contribution in [1.29, 1.82) is 0 Å². The Balaban J connectivity index is 1.47. The third-order valence-corrected chi connectivity index (χ3v) is 5.40. The van der Waals surface area contributed by atoms with Gasteiger partial charge < -0.3 is 9.64 Å². The molecule has 3 rings (SSSR count). The van der Waals surface area contributed by atoms with Crippen LogP contribution < -0.4 is 0 Å². The Morgan fingerprint density at radius 3 is 2.37 bits per heavy atom. The number of likely N-dealkylation sites (tertiary alicyclic amines) is 1. The second-order valence-corrected chi connectivity index (χ2v) is 7.54. The number of halogens is 1. The van der Waals surface area contributed by atoms with Gasteiger partial charge in [0.25, 0.3) is 0 Å². The molecule has 0 bridgehead atoms. The fourth-order valence-electron chi connectivity index (χ4n) is 3.86. The maximum atomic E-state index is 13.3. The second kappa shape index (κ2) is 11.2. The van der Waals surface area contributed by atoms with Crippen molar-refractivity contribution in [3.63, 3.8) is 0 Å². The predicted octanol–water partition coefficient (Wildman–Crippen LogP) is 5.78. The minimum Gasteiger partial charge on any atom is -0.373 e. The van der Waals surface area contributed by atoms with Crippen LogP contribution in [0.2, 0.25) is 0 Å². The van der Waals surface area contributed by atoms with Crippen molar-refractivity contribution in [2.75, 3.05) is 26.2 Å². The molecule has 0 radical (unpaired) electrons. The lowest BCUT2D eigenvalue weighted by atomic mass is 10.0. The average molecular weight is 370 g/mol. The molecule has 146 valence electrons. The van der Waals surface area contributed by atoms with Gasteiger partial charge in [-0.05, 0) is 74.9 Å². The zero-order valence-electron chi connectivity index (χ0n) is 16.3. The zero-order chi connectivity index (χ0) is 18.7. The number of hydrogen-bond donors (Lipinski definition) is 0. The Labute approximate surface area is 163 Å². The largest absolute Gasteiger partial charge is 0.373 e.